The monoisotopic (exact) mass is 224 g/mol. The van der Waals surface area contributed by atoms with Crippen molar-refractivity contribution in [2.75, 3.05) is 0 Å². The number of carbonyl (C=O) groups excluding carboxylic acids is 1. The predicted molar refractivity (Wildman–Crippen MR) is 67.3 cm³/mol. The minimum atomic E-state index is -0.0271. The number of nitrogen functional groups attached to an aromatic ring is 1. The number of hydrogen-bond donors (Lipinski definition) is 2. The van der Waals surface area contributed by atoms with E-state index in [2.05, 4.69) is 0 Å². The molecule has 3 N–H and O–H groups in total. The minimum absolute atomic E-state index is 0.00344. The Morgan fingerprint density at radius 2 is 1.29 bits per heavy atom. The molecule has 0 atom stereocenters. The Kier molecular flexibility index (Phi) is 3.01. The van der Waals surface area contributed by atoms with Crippen molar-refractivity contribution < 1.29 is 4.79 Å². The lowest BCUT2D eigenvalue weighted by Gasteiger charge is -2.02. The number of ketones is 1. The highest BCUT2D eigenvalue weighted by atomic mass is 16.1. The molecular formula is C14H12N2O. The lowest BCUT2D eigenvalue weighted by molar-refractivity contribution is 0.103. The highest BCUT2D eigenvalue weighted by molar-refractivity contribution is 6.09. The third-order valence-corrected chi connectivity index (χ3v) is 2.49. The van der Waals surface area contributed by atoms with Gasteiger partial charge in [-0.1, -0.05) is 54.6 Å². The van der Waals surface area contributed by atoms with Crippen molar-refractivity contribution >= 4 is 11.6 Å². The molecule has 0 unspecified atom stereocenters. The van der Waals surface area contributed by atoms with Crippen LogP contribution in [0.25, 0.3) is 0 Å². The first-order valence-electron chi connectivity index (χ1n) is 5.22. The summed E-state index contributed by atoms with van der Waals surface area (Å²) in [6, 6.07) is 15.8. The van der Waals surface area contributed by atoms with Gasteiger partial charge in [-0.3, -0.25) is 10.2 Å². The molecule has 0 heterocycles. The summed E-state index contributed by atoms with van der Waals surface area (Å²) in [5.41, 5.74) is 7.22. The van der Waals surface area contributed by atoms with E-state index in [1.54, 1.807) is 36.4 Å². The van der Waals surface area contributed by atoms with Crippen molar-refractivity contribution in [2.45, 2.75) is 0 Å². The molecule has 0 saturated heterocycles. The number of amidine groups is 1. The molecule has 3 heteroatoms. The maximum Gasteiger partial charge on any atom is 0.193 e. The van der Waals surface area contributed by atoms with Crippen LogP contribution >= 0.6 is 0 Å². The predicted octanol–water partition coefficient (Wildman–Crippen LogP) is 2.20. The van der Waals surface area contributed by atoms with E-state index in [0.29, 0.717) is 16.7 Å². The Bertz CT molecular complexity index is 544. The van der Waals surface area contributed by atoms with E-state index >= 15 is 0 Å². The lowest BCUT2D eigenvalue weighted by atomic mass is 10.0. The maximum atomic E-state index is 12.0. The lowest BCUT2D eigenvalue weighted by Crippen LogP contribution is -2.11. The number of nitrogens with one attached hydrogen (secondary N) is 1. The molecule has 0 amide bonds. The number of rotatable bonds is 3. The summed E-state index contributed by atoms with van der Waals surface area (Å²) in [5, 5.41) is 7.27. The Hall–Kier alpha value is -2.42. The second-order valence-corrected chi connectivity index (χ2v) is 3.69. The van der Waals surface area contributed by atoms with Gasteiger partial charge in [-0.2, -0.15) is 0 Å². The third-order valence-electron chi connectivity index (χ3n) is 2.49. The zero-order valence-corrected chi connectivity index (χ0v) is 9.18. The molecule has 0 aliphatic carbocycles. The Labute approximate surface area is 99.4 Å². The van der Waals surface area contributed by atoms with E-state index in [-0.39, 0.29) is 11.6 Å². The normalized spacial score (nSPS) is 9.88. The van der Waals surface area contributed by atoms with Gasteiger partial charge in [0, 0.05) is 16.7 Å². The summed E-state index contributed by atoms with van der Waals surface area (Å²) >= 11 is 0. The number of benzene rings is 2. The van der Waals surface area contributed by atoms with Crippen LogP contribution in [0.5, 0.6) is 0 Å². The molecule has 17 heavy (non-hydrogen) atoms. The standard InChI is InChI=1S/C14H12N2O/c15-14(16)12-8-6-11(7-9-12)13(17)10-4-2-1-3-5-10/h1-9H,(H3,15,16). The second-order valence-electron chi connectivity index (χ2n) is 3.69. The molecule has 84 valence electrons. The van der Waals surface area contributed by atoms with Crippen LogP contribution in [-0.2, 0) is 0 Å². The molecule has 3 nitrogen and oxygen atoms in total. The van der Waals surface area contributed by atoms with Crippen LogP contribution in [0.2, 0.25) is 0 Å². The molecule has 0 fully saturated rings. The van der Waals surface area contributed by atoms with Crippen LogP contribution in [0.1, 0.15) is 21.5 Å². The number of nitrogens with two attached hydrogens (primary N) is 1. The zero-order valence-electron chi connectivity index (χ0n) is 9.18. The van der Waals surface area contributed by atoms with Gasteiger partial charge in [0.15, 0.2) is 5.78 Å². The molecule has 0 bridgehead atoms. The van der Waals surface area contributed by atoms with Gasteiger partial charge in [-0.25, -0.2) is 0 Å². The molecule has 2 rings (SSSR count). The molecule has 0 aliphatic rings. The summed E-state index contributed by atoms with van der Waals surface area (Å²) < 4.78 is 0. The van der Waals surface area contributed by atoms with Crippen molar-refractivity contribution in [1.29, 1.82) is 5.41 Å². The van der Waals surface area contributed by atoms with Gasteiger partial charge in [0.2, 0.25) is 0 Å². The van der Waals surface area contributed by atoms with Crippen LogP contribution < -0.4 is 5.73 Å². The van der Waals surface area contributed by atoms with Gasteiger partial charge in [0.1, 0.15) is 5.84 Å². The summed E-state index contributed by atoms with van der Waals surface area (Å²) in [6.07, 6.45) is 0. The fraction of sp³-hybridized carbons (Fsp3) is 0. The molecular weight excluding hydrogens is 212 g/mol. The van der Waals surface area contributed by atoms with Crippen molar-refractivity contribution in [3.05, 3.63) is 71.3 Å². The fourth-order valence-electron chi connectivity index (χ4n) is 1.56. The Morgan fingerprint density at radius 3 is 1.82 bits per heavy atom. The first-order chi connectivity index (χ1) is 8.18. The van der Waals surface area contributed by atoms with Gasteiger partial charge in [0.25, 0.3) is 0 Å². The molecule has 2 aromatic rings. The van der Waals surface area contributed by atoms with Crippen LogP contribution in [0.4, 0.5) is 0 Å². The van der Waals surface area contributed by atoms with Gasteiger partial charge in [0.05, 0.1) is 0 Å². The first-order valence-corrected chi connectivity index (χ1v) is 5.22. The Morgan fingerprint density at radius 1 is 0.824 bits per heavy atom. The van der Waals surface area contributed by atoms with Crippen LogP contribution in [-0.4, -0.2) is 11.6 Å². The largest absolute Gasteiger partial charge is 0.384 e. The van der Waals surface area contributed by atoms with Crippen molar-refractivity contribution in [1.82, 2.24) is 0 Å². The van der Waals surface area contributed by atoms with Crippen molar-refractivity contribution in [3.63, 3.8) is 0 Å². The van der Waals surface area contributed by atoms with Crippen molar-refractivity contribution in [3.8, 4) is 0 Å². The summed E-state index contributed by atoms with van der Waals surface area (Å²) in [7, 11) is 0. The van der Waals surface area contributed by atoms with Gasteiger partial charge < -0.3 is 5.73 Å². The molecule has 0 aromatic heterocycles. The van der Waals surface area contributed by atoms with Gasteiger partial charge in [-0.15, -0.1) is 0 Å². The SMILES string of the molecule is N=C(N)c1ccc(C(=O)c2ccccc2)cc1. The van der Waals surface area contributed by atoms with Crippen LogP contribution in [0.15, 0.2) is 54.6 Å². The van der Waals surface area contributed by atoms with Crippen LogP contribution in [0.3, 0.4) is 0 Å². The quantitative estimate of drug-likeness (QED) is 0.477. The van der Waals surface area contributed by atoms with E-state index < -0.39 is 0 Å². The Balaban J connectivity index is 2.30. The topological polar surface area (TPSA) is 66.9 Å². The second kappa shape index (κ2) is 4.61. The number of hydrogen-bond acceptors (Lipinski definition) is 2. The average Bonchev–Trinajstić information content (AvgIpc) is 2.39. The van der Waals surface area contributed by atoms with E-state index in [1.165, 1.54) is 0 Å². The summed E-state index contributed by atoms with van der Waals surface area (Å²) in [6.45, 7) is 0. The smallest absolute Gasteiger partial charge is 0.193 e. The highest BCUT2D eigenvalue weighted by Gasteiger charge is 2.08. The van der Waals surface area contributed by atoms with Gasteiger partial charge >= 0.3 is 0 Å². The summed E-state index contributed by atoms with van der Waals surface area (Å²) in [4.78, 5) is 12.0. The molecule has 0 saturated carbocycles. The molecule has 0 radical (unpaired) electrons. The molecule has 0 spiro atoms. The van der Waals surface area contributed by atoms with E-state index in [1.807, 2.05) is 18.2 Å². The van der Waals surface area contributed by atoms with Crippen molar-refractivity contribution in [2.24, 2.45) is 5.73 Å². The average molecular weight is 224 g/mol. The summed E-state index contributed by atoms with van der Waals surface area (Å²) in [5.74, 6) is -0.0237. The molecule has 2 aromatic carbocycles. The first kappa shape index (κ1) is 11.1. The minimum Gasteiger partial charge on any atom is -0.384 e. The van der Waals surface area contributed by atoms with E-state index in [4.69, 9.17) is 11.1 Å². The van der Waals surface area contributed by atoms with Gasteiger partial charge in [-0.05, 0) is 0 Å². The molecule has 0 aliphatic heterocycles. The number of carbonyl (C=O) groups is 1. The highest BCUT2D eigenvalue weighted by Crippen LogP contribution is 2.10. The van der Waals surface area contributed by atoms with E-state index in [0.717, 1.165) is 0 Å². The maximum absolute atomic E-state index is 12.0. The fourth-order valence-corrected chi connectivity index (χ4v) is 1.56. The zero-order chi connectivity index (χ0) is 12.3. The van der Waals surface area contributed by atoms with E-state index in [9.17, 15) is 4.79 Å². The van der Waals surface area contributed by atoms with Crippen LogP contribution in [0, 0.1) is 5.41 Å². The third kappa shape index (κ3) is 2.39.